The van der Waals surface area contributed by atoms with Gasteiger partial charge in [0.05, 0.1) is 17.0 Å². The second-order valence-corrected chi connectivity index (χ2v) is 9.80. The molecule has 1 saturated heterocycles. The third-order valence-electron chi connectivity index (χ3n) is 5.17. The monoisotopic (exact) mass is 406 g/mol. The maximum absolute atomic E-state index is 12.6. The first-order valence-electron chi connectivity index (χ1n) is 9.53. The molecule has 0 spiro atoms. The van der Waals surface area contributed by atoms with Crippen molar-refractivity contribution in [2.75, 3.05) is 13.1 Å². The Morgan fingerprint density at radius 2 is 1.78 bits per heavy atom. The van der Waals surface area contributed by atoms with Crippen LogP contribution in [-0.4, -0.2) is 36.6 Å². The van der Waals surface area contributed by atoms with Crippen molar-refractivity contribution in [1.29, 1.82) is 0 Å². The molecular formula is C20H26N2O3S2. The second-order valence-electron chi connectivity index (χ2n) is 6.92. The van der Waals surface area contributed by atoms with Gasteiger partial charge in [-0.05, 0) is 37.8 Å². The Hall–Kier alpha value is -1.57. The minimum Gasteiger partial charge on any atom is -0.299 e. The number of ketones is 1. The number of hydrogen-bond acceptors (Lipinski definition) is 5. The number of rotatable bonds is 8. The molecule has 1 aliphatic heterocycles. The van der Waals surface area contributed by atoms with Gasteiger partial charge in [-0.3, -0.25) is 4.79 Å². The van der Waals surface area contributed by atoms with Gasteiger partial charge in [0.2, 0.25) is 10.0 Å². The van der Waals surface area contributed by atoms with Gasteiger partial charge < -0.3 is 0 Å². The first kappa shape index (κ1) is 20.2. The lowest BCUT2D eigenvalue weighted by Gasteiger charge is -2.15. The highest BCUT2D eigenvalue weighted by Gasteiger charge is 2.27. The molecule has 0 aliphatic carbocycles. The quantitative estimate of drug-likeness (QED) is 0.661. The van der Waals surface area contributed by atoms with E-state index >= 15 is 0 Å². The molecular weight excluding hydrogens is 380 g/mol. The number of carbonyl (C=O) groups excluding carboxylic acids is 1. The van der Waals surface area contributed by atoms with Crippen molar-refractivity contribution < 1.29 is 13.2 Å². The van der Waals surface area contributed by atoms with E-state index in [2.05, 4.69) is 4.98 Å². The molecule has 5 nitrogen and oxygen atoms in total. The molecule has 0 bridgehead atoms. The molecule has 146 valence electrons. The molecule has 1 fully saturated rings. The number of aromatic nitrogens is 1. The van der Waals surface area contributed by atoms with Gasteiger partial charge in [0.1, 0.15) is 10.8 Å². The fraction of sp³-hybridized carbons (Fsp3) is 0.500. The summed E-state index contributed by atoms with van der Waals surface area (Å²) in [6.45, 7) is 5.28. The summed E-state index contributed by atoms with van der Waals surface area (Å²) in [6, 6.07) is 6.89. The molecule has 0 radical (unpaired) electrons. The van der Waals surface area contributed by atoms with Crippen molar-refractivity contribution in [1.82, 2.24) is 9.29 Å². The smallest absolute Gasteiger partial charge is 0.243 e. The summed E-state index contributed by atoms with van der Waals surface area (Å²) in [7, 11) is -3.39. The number of thiazole rings is 1. The van der Waals surface area contributed by atoms with Crippen LogP contribution in [0.3, 0.4) is 0 Å². The molecule has 1 aromatic carbocycles. The number of carbonyl (C=O) groups is 1. The molecule has 0 amide bonds. The first-order chi connectivity index (χ1) is 13.0. The van der Waals surface area contributed by atoms with Crippen LogP contribution in [0.2, 0.25) is 0 Å². The van der Waals surface area contributed by atoms with Gasteiger partial charge in [0.25, 0.3) is 0 Å². The van der Waals surface area contributed by atoms with Crippen LogP contribution < -0.4 is 0 Å². The van der Waals surface area contributed by atoms with Crippen molar-refractivity contribution in [3.8, 4) is 11.3 Å². The van der Waals surface area contributed by atoms with Crippen molar-refractivity contribution in [2.45, 2.75) is 50.8 Å². The van der Waals surface area contributed by atoms with Crippen LogP contribution in [0.25, 0.3) is 11.3 Å². The maximum Gasteiger partial charge on any atom is 0.243 e. The largest absolute Gasteiger partial charge is 0.299 e. The van der Waals surface area contributed by atoms with E-state index < -0.39 is 10.0 Å². The molecule has 0 saturated carbocycles. The predicted molar refractivity (Wildman–Crippen MR) is 108 cm³/mol. The molecule has 2 heterocycles. The van der Waals surface area contributed by atoms with E-state index in [4.69, 9.17) is 0 Å². The summed E-state index contributed by atoms with van der Waals surface area (Å²) in [5.74, 6) is 0.348. The highest BCUT2D eigenvalue weighted by atomic mass is 32.2. The lowest BCUT2D eigenvalue weighted by Crippen LogP contribution is -2.27. The maximum atomic E-state index is 12.6. The third-order valence-corrected chi connectivity index (χ3v) is 7.93. The summed E-state index contributed by atoms with van der Waals surface area (Å²) < 4.78 is 26.8. The standard InChI is InChI=1S/C20H26N2O3S2/c1-3-15(4-2)19(23)13-20-21-18(14-26-20)16-7-9-17(10-8-16)27(24,25)22-11-5-6-12-22/h7-10,14-15H,3-6,11-13H2,1-2H3. The van der Waals surface area contributed by atoms with E-state index in [0.717, 1.165) is 41.9 Å². The molecule has 3 rings (SSSR count). The highest BCUT2D eigenvalue weighted by molar-refractivity contribution is 7.89. The predicted octanol–water partition coefficient (Wildman–Crippen LogP) is 4.14. The van der Waals surface area contributed by atoms with E-state index in [-0.39, 0.29) is 11.7 Å². The van der Waals surface area contributed by atoms with E-state index in [9.17, 15) is 13.2 Å². The van der Waals surface area contributed by atoms with Gasteiger partial charge in [0.15, 0.2) is 0 Å². The van der Waals surface area contributed by atoms with E-state index in [1.807, 2.05) is 19.2 Å². The molecule has 7 heteroatoms. The van der Waals surface area contributed by atoms with Crippen LogP contribution in [-0.2, 0) is 21.2 Å². The van der Waals surface area contributed by atoms with Crippen molar-refractivity contribution in [3.63, 3.8) is 0 Å². The van der Waals surface area contributed by atoms with Gasteiger partial charge in [-0.25, -0.2) is 13.4 Å². The molecule has 0 N–H and O–H groups in total. The van der Waals surface area contributed by atoms with Crippen LogP contribution in [0.5, 0.6) is 0 Å². The van der Waals surface area contributed by atoms with Crippen molar-refractivity contribution >= 4 is 27.1 Å². The van der Waals surface area contributed by atoms with Gasteiger partial charge in [0, 0.05) is 30.0 Å². The average Bonchev–Trinajstić information content (AvgIpc) is 3.35. The number of benzene rings is 1. The van der Waals surface area contributed by atoms with Crippen LogP contribution >= 0.6 is 11.3 Å². The Morgan fingerprint density at radius 1 is 1.15 bits per heavy atom. The lowest BCUT2D eigenvalue weighted by atomic mass is 9.96. The Bertz CT molecular complexity index is 878. The Balaban J connectivity index is 1.73. The molecule has 0 atom stereocenters. The lowest BCUT2D eigenvalue weighted by molar-refractivity contribution is -0.122. The zero-order valence-corrected chi connectivity index (χ0v) is 17.5. The summed E-state index contributed by atoms with van der Waals surface area (Å²) in [4.78, 5) is 17.2. The fourth-order valence-corrected chi connectivity index (χ4v) is 5.77. The summed E-state index contributed by atoms with van der Waals surface area (Å²) in [5.41, 5.74) is 1.66. The topological polar surface area (TPSA) is 67.3 Å². The van der Waals surface area contributed by atoms with Gasteiger partial charge in [-0.15, -0.1) is 11.3 Å². The van der Waals surface area contributed by atoms with Crippen LogP contribution in [0.4, 0.5) is 0 Å². The zero-order chi connectivity index (χ0) is 19.4. The Kier molecular flexibility index (Phi) is 6.44. The van der Waals surface area contributed by atoms with E-state index in [1.54, 1.807) is 28.6 Å². The molecule has 27 heavy (non-hydrogen) atoms. The first-order valence-corrected chi connectivity index (χ1v) is 11.8. The number of Topliss-reactive ketones (excluding diaryl/α,β-unsaturated/α-hetero) is 1. The Labute approximate surface area is 165 Å². The highest BCUT2D eigenvalue weighted by Crippen LogP contribution is 2.26. The minimum absolute atomic E-state index is 0.104. The number of hydrogen-bond donors (Lipinski definition) is 0. The Morgan fingerprint density at radius 3 is 2.37 bits per heavy atom. The molecule has 1 aliphatic rings. The fourth-order valence-electron chi connectivity index (χ4n) is 3.44. The van der Waals surface area contributed by atoms with Crippen LogP contribution in [0.15, 0.2) is 34.5 Å². The zero-order valence-electron chi connectivity index (χ0n) is 15.8. The molecule has 2 aromatic rings. The summed E-state index contributed by atoms with van der Waals surface area (Å²) in [6.07, 6.45) is 3.95. The summed E-state index contributed by atoms with van der Waals surface area (Å²) in [5, 5.41) is 2.75. The van der Waals surface area contributed by atoms with Gasteiger partial charge in [-0.2, -0.15) is 4.31 Å². The normalized spacial score (nSPS) is 15.5. The van der Waals surface area contributed by atoms with Crippen molar-refractivity contribution in [2.24, 2.45) is 5.92 Å². The van der Waals surface area contributed by atoms with Gasteiger partial charge in [-0.1, -0.05) is 26.0 Å². The second kappa shape index (κ2) is 8.63. The van der Waals surface area contributed by atoms with Crippen LogP contribution in [0, 0.1) is 5.92 Å². The average molecular weight is 407 g/mol. The SMILES string of the molecule is CCC(CC)C(=O)Cc1nc(-c2ccc(S(=O)(=O)N3CCCC3)cc2)cs1. The van der Waals surface area contributed by atoms with E-state index in [1.165, 1.54) is 11.3 Å². The minimum atomic E-state index is -3.39. The summed E-state index contributed by atoms with van der Waals surface area (Å²) >= 11 is 1.48. The third kappa shape index (κ3) is 4.47. The van der Waals surface area contributed by atoms with Crippen LogP contribution in [0.1, 0.15) is 44.5 Å². The molecule has 0 unspecified atom stereocenters. The number of nitrogens with zero attached hydrogens (tertiary/aromatic N) is 2. The molecule has 1 aromatic heterocycles. The number of sulfonamides is 1. The van der Waals surface area contributed by atoms with Crippen molar-refractivity contribution in [3.05, 3.63) is 34.7 Å². The van der Waals surface area contributed by atoms with Gasteiger partial charge >= 0.3 is 0 Å². The van der Waals surface area contributed by atoms with E-state index in [0.29, 0.717) is 24.4 Å².